The quantitative estimate of drug-likeness (QED) is 0.843. The molecule has 104 valence electrons. The van der Waals surface area contributed by atoms with Crippen molar-refractivity contribution in [2.24, 2.45) is 0 Å². The average Bonchev–Trinajstić information content (AvgIpc) is 2.39. The van der Waals surface area contributed by atoms with Crippen molar-refractivity contribution >= 4 is 29.1 Å². The molecule has 1 aromatic carbocycles. The molecule has 19 heavy (non-hydrogen) atoms. The maximum Gasteiger partial charge on any atom is 0.243 e. The van der Waals surface area contributed by atoms with E-state index in [0.717, 1.165) is 18.4 Å². The van der Waals surface area contributed by atoms with Gasteiger partial charge >= 0.3 is 0 Å². The summed E-state index contributed by atoms with van der Waals surface area (Å²) in [4.78, 5) is 23.1. The molecule has 1 aromatic rings. The predicted octanol–water partition coefficient (Wildman–Crippen LogP) is 2.89. The van der Waals surface area contributed by atoms with Crippen LogP contribution in [0.4, 0.5) is 5.69 Å². The van der Waals surface area contributed by atoms with Gasteiger partial charge in [0.1, 0.15) is 0 Å². The van der Waals surface area contributed by atoms with Gasteiger partial charge in [0.25, 0.3) is 0 Å². The monoisotopic (exact) mass is 282 g/mol. The van der Waals surface area contributed by atoms with Crippen LogP contribution in [0.25, 0.3) is 0 Å². The van der Waals surface area contributed by atoms with Gasteiger partial charge in [-0.25, -0.2) is 0 Å². The molecule has 2 amide bonds. The summed E-state index contributed by atoms with van der Waals surface area (Å²) in [5.74, 6) is -0.352. The molecular formula is C14H19ClN2O2. The lowest BCUT2D eigenvalue weighted by molar-refractivity contribution is -0.124. The number of halogens is 1. The van der Waals surface area contributed by atoms with Crippen molar-refractivity contribution in [2.45, 2.75) is 33.1 Å². The molecule has 5 heteroatoms. The fourth-order valence-electron chi connectivity index (χ4n) is 1.54. The normalized spacial score (nSPS) is 10.1. The van der Waals surface area contributed by atoms with Gasteiger partial charge in [0.2, 0.25) is 11.8 Å². The van der Waals surface area contributed by atoms with Gasteiger partial charge in [-0.3, -0.25) is 9.59 Å². The summed E-state index contributed by atoms with van der Waals surface area (Å²) in [7, 11) is 0. The Hall–Kier alpha value is -1.55. The highest BCUT2D eigenvalue weighted by Gasteiger charge is 2.08. The number of nitrogens with one attached hydrogen (secondary N) is 2. The van der Waals surface area contributed by atoms with E-state index in [0.29, 0.717) is 17.1 Å². The number of carbonyl (C=O) groups excluding carboxylic acids is 2. The Morgan fingerprint density at radius 2 is 2.00 bits per heavy atom. The van der Waals surface area contributed by atoms with Crippen molar-refractivity contribution in [3.05, 3.63) is 28.8 Å². The molecule has 0 atom stereocenters. The van der Waals surface area contributed by atoms with Gasteiger partial charge in [-0.1, -0.05) is 31.0 Å². The first kappa shape index (κ1) is 15.5. The average molecular weight is 283 g/mol. The van der Waals surface area contributed by atoms with Gasteiger partial charge in [0.05, 0.1) is 6.54 Å². The van der Waals surface area contributed by atoms with Crippen molar-refractivity contribution in [1.29, 1.82) is 0 Å². The van der Waals surface area contributed by atoms with E-state index in [1.165, 1.54) is 0 Å². The molecule has 0 bridgehead atoms. The van der Waals surface area contributed by atoms with Gasteiger partial charge in [-0.05, 0) is 31.0 Å². The Kier molecular flexibility index (Phi) is 6.36. The third-order valence-corrected chi connectivity index (χ3v) is 3.15. The lowest BCUT2D eigenvalue weighted by atomic mass is 10.2. The second-order valence-corrected chi connectivity index (χ2v) is 4.75. The zero-order valence-electron chi connectivity index (χ0n) is 11.3. The summed E-state index contributed by atoms with van der Waals surface area (Å²) in [6.45, 7) is 3.83. The van der Waals surface area contributed by atoms with Gasteiger partial charge < -0.3 is 10.6 Å². The lowest BCUT2D eigenvalue weighted by Gasteiger charge is -2.10. The molecular weight excluding hydrogens is 264 g/mol. The molecule has 0 spiro atoms. The molecule has 0 saturated heterocycles. The summed E-state index contributed by atoms with van der Waals surface area (Å²) in [5, 5.41) is 5.91. The van der Waals surface area contributed by atoms with Crippen LogP contribution in [0.15, 0.2) is 18.2 Å². The van der Waals surface area contributed by atoms with E-state index >= 15 is 0 Å². The smallest absolute Gasteiger partial charge is 0.243 e. The standard InChI is InChI=1S/C14H19ClN2O2/c1-3-4-8-13(18)16-9-14(19)17-12-7-5-6-11(15)10(12)2/h5-7H,3-4,8-9H2,1-2H3,(H,16,18)(H,17,19). The molecule has 4 nitrogen and oxygen atoms in total. The summed E-state index contributed by atoms with van der Waals surface area (Å²) in [6.07, 6.45) is 2.25. The molecule has 0 fully saturated rings. The van der Waals surface area contributed by atoms with Crippen LogP contribution in [0.5, 0.6) is 0 Å². The number of rotatable bonds is 6. The van der Waals surface area contributed by atoms with Gasteiger partial charge in [0, 0.05) is 17.1 Å². The van der Waals surface area contributed by atoms with Crippen LogP contribution in [0.1, 0.15) is 31.7 Å². The molecule has 0 aliphatic rings. The topological polar surface area (TPSA) is 58.2 Å². The highest BCUT2D eigenvalue weighted by molar-refractivity contribution is 6.31. The van der Waals surface area contributed by atoms with E-state index in [1.54, 1.807) is 18.2 Å². The molecule has 0 radical (unpaired) electrons. The summed E-state index contributed by atoms with van der Waals surface area (Å²) in [6, 6.07) is 5.31. The summed E-state index contributed by atoms with van der Waals surface area (Å²) in [5.41, 5.74) is 1.48. The fraction of sp³-hybridized carbons (Fsp3) is 0.429. The Morgan fingerprint density at radius 1 is 1.26 bits per heavy atom. The second-order valence-electron chi connectivity index (χ2n) is 4.34. The van der Waals surface area contributed by atoms with Crippen LogP contribution in [-0.4, -0.2) is 18.4 Å². The van der Waals surface area contributed by atoms with Crippen molar-refractivity contribution in [2.75, 3.05) is 11.9 Å². The van der Waals surface area contributed by atoms with Crippen molar-refractivity contribution in [3.63, 3.8) is 0 Å². The van der Waals surface area contributed by atoms with E-state index in [1.807, 2.05) is 13.8 Å². The first-order valence-corrected chi connectivity index (χ1v) is 6.74. The summed E-state index contributed by atoms with van der Waals surface area (Å²) < 4.78 is 0. The second kappa shape index (κ2) is 7.79. The third-order valence-electron chi connectivity index (χ3n) is 2.75. The zero-order chi connectivity index (χ0) is 14.3. The van der Waals surface area contributed by atoms with Gasteiger partial charge in [-0.2, -0.15) is 0 Å². The third kappa shape index (κ3) is 5.30. The number of unbranched alkanes of at least 4 members (excludes halogenated alkanes) is 1. The van der Waals surface area contributed by atoms with E-state index < -0.39 is 0 Å². The number of amides is 2. The fourth-order valence-corrected chi connectivity index (χ4v) is 1.72. The Morgan fingerprint density at radius 3 is 2.68 bits per heavy atom. The highest BCUT2D eigenvalue weighted by Crippen LogP contribution is 2.22. The summed E-state index contributed by atoms with van der Waals surface area (Å²) >= 11 is 5.96. The SMILES string of the molecule is CCCCC(=O)NCC(=O)Nc1cccc(Cl)c1C. The number of carbonyl (C=O) groups is 2. The van der Waals surface area contributed by atoms with Crippen LogP contribution in [0.2, 0.25) is 5.02 Å². The van der Waals surface area contributed by atoms with E-state index in [4.69, 9.17) is 11.6 Å². The zero-order valence-corrected chi connectivity index (χ0v) is 12.0. The number of anilines is 1. The Balaban J connectivity index is 2.43. The number of hydrogen-bond donors (Lipinski definition) is 2. The molecule has 0 aliphatic carbocycles. The lowest BCUT2D eigenvalue weighted by Crippen LogP contribution is -2.32. The van der Waals surface area contributed by atoms with E-state index in [-0.39, 0.29) is 18.4 Å². The van der Waals surface area contributed by atoms with Gasteiger partial charge in [-0.15, -0.1) is 0 Å². The van der Waals surface area contributed by atoms with Crippen LogP contribution in [0.3, 0.4) is 0 Å². The minimum absolute atomic E-state index is 0.0193. The molecule has 0 unspecified atom stereocenters. The van der Waals surface area contributed by atoms with Crippen molar-refractivity contribution in [1.82, 2.24) is 5.32 Å². The van der Waals surface area contributed by atoms with Crippen LogP contribution < -0.4 is 10.6 Å². The van der Waals surface area contributed by atoms with Crippen LogP contribution >= 0.6 is 11.6 Å². The molecule has 1 rings (SSSR count). The minimum Gasteiger partial charge on any atom is -0.347 e. The van der Waals surface area contributed by atoms with Gasteiger partial charge in [0.15, 0.2) is 0 Å². The van der Waals surface area contributed by atoms with Crippen LogP contribution in [0, 0.1) is 6.92 Å². The van der Waals surface area contributed by atoms with Crippen molar-refractivity contribution < 1.29 is 9.59 Å². The Labute approximate surface area is 118 Å². The maximum absolute atomic E-state index is 11.7. The molecule has 0 saturated carbocycles. The minimum atomic E-state index is -0.254. The molecule has 2 N–H and O–H groups in total. The molecule has 0 aliphatic heterocycles. The van der Waals surface area contributed by atoms with E-state index in [9.17, 15) is 9.59 Å². The first-order chi connectivity index (χ1) is 9.04. The maximum atomic E-state index is 11.7. The Bertz CT molecular complexity index is 461. The highest BCUT2D eigenvalue weighted by atomic mass is 35.5. The predicted molar refractivity (Wildman–Crippen MR) is 77.4 cm³/mol. The molecule has 0 aromatic heterocycles. The number of hydrogen-bond acceptors (Lipinski definition) is 2. The number of benzene rings is 1. The first-order valence-electron chi connectivity index (χ1n) is 6.36. The van der Waals surface area contributed by atoms with Crippen LogP contribution in [-0.2, 0) is 9.59 Å². The molecule has 0 heterocycles. The van der Waals surface area contributed by atoms with Crippen molar-refractivity contribution in [3.8, 4) is 0 Å². The van der Waals surface area contributed by atoms with E-state index in [2.05, 4.69) is 10.6 Å². The largest absolute Gasteiger partial charge is 0.347 e.